The summed E-state index contributed by atoms with van der Waals surface area (Å²) in [6.45, 7) is 1.51. The van der Waals surface area contributed by atoms with Crippen LogP contribution in [0, 0.1) is 6.92 Å². The maximum absolute atomic E-state index is 12.5. The molecule has 0 unspecified atom stereocenters. The third-order valence-electron chi connectivity index (χ3n) is 2.63. The number of halogens is 4. The second kappa shape index (κ2) is 4.78. The fraction of sp³-hybridized carbons (Fsp3) is 0.182. The van der Waals surface area contributed by atoms with Gasteiger partial charge in [-0.2, -0.15) is 13.2 Å². The van der Waals surface area contributed by atoms with E-state index >= 15 is 0 Å². The highest BCUT2D eigenvalue weighted by Gasteiger charge is 2.31. The molecule has 0 aliphatic rings. The van der Waals surface area contributed by atoms with Gasteiger partial charge in [0, 0.05) is 0 Å². The van der Waals surface area contributed by atoms with Crippen molar-refractivity contribution >= 4 is 17.5 Å². The summed E-state index contributed by atoms with van der Waals surface area (Å²) in [5.74, 6) is -0.781. The lowest BCUT2D eigenvalue weighted by Crippen LogP contribution is -2.13. The predicted molar refractivity (Wildman–Crippen MR) is 64.6 cm³/mol. The van der Waals surface area contributed by atoms with E-state index in [1.807, 2.05) is 0 Å². The molecule has 9 heteroatoms. The van der Waals surface area contributed by atoms with Crippen LogP contribution in [0.15, 0.2) is 18.2 Å². The molecule has 0 spiro atoms. The number of nitrogens with zero attached hydrogens (tertiary/aromatic N) is 3. The summed E-state index contributed by atoms with van der Waals surface area (Å²) in [6, 6.07) is 2.80. The highest BCUT2D eigenvalue weighted by molar-refractivity contribution is 6.32. The number of hydrogen-bond acceptors (Lipinski definition) is 3. The average molecular weight is 305 g/mol. The van der Waals surface area contributed by atoms with Crippen LogP contribution in [0.1, 0.15) is 21.7 Å². The van der Waals surface area contributed by atoms with Gasteiger partial charge in [0.05, 0.1) is 22.0 Å². The van der Waals surface area contributed by atoms with Crippen LogP contribution >= 0.6 is 11.6 Å². The molecule has 2 N–H and O–H groups in total. The van der Waals surface area contributed by atoms with Crippen LogP contribution in [0.2, 0.25) is 5.02 Å². The smallest absolute Gasteiger partial charge is 0.364 e. The molecule has 20 heavy (non-hydrogen) atoms. The van der Waals surface area contributed by atoms with E-state index < -0.39 is 17.6 Å². The molecule has 0 saturated heterocycles. The molecule has 0 saturated carbocycles. The first kappa shape index (κ1) is 14.3. The monoisotopic (exact) mass is 304 g/mol. The number of primary amides is 1. The molecule has 0 aliphatic carbocycles. The van der Waals surface area contributed by atoms with Crippen LogP contribution in [0.4, 0.5) is 13.2 Å². The topological polar surface area (TPSA) is 73.8 Å². The zero-order valence-electron chi connectivity index (χ0n) is 10.1. The molecule has 0 aliphatic heterocycles. The Morgan fingerprint density at radius 3 is 2.50 bits per heavy atom. The van der Waals surface area contributed by atoms with Gasteiger partial charge in [-0.1, -0.05) is 16.8 Å². The lowest BCUT2D eigenvalue weighted by molar-refractivity contribution is -0.137. The number of rotatable bonds is 2. The average Bonchev–Trinajstić information content (AvgIpc) is 2.70. The summed E-state index contributed by atoms with van der Waals surface area (Å²) in [4.78, 5) is 11.1. The molecule has 0 atom stereocenters. The lowest BCUT2D eigenvalue weighted by Gasteiger charge is -2.10. The number of nitrogens with two attached hydrogens (primary N) is 1. The molecule has 1 heterocycles. The maximum Gasteiger partial charge on any atom is 0.416 e. The molecule has 1 amide bonds. The van der Waals surface area contributed by atoms with Gasteiger partial charge in [0.1, 0.15) is 0 Å². The zero-order chi connectivity index (χ0) is 15.1. The predicted octanol–water partition coefficient (Wildman–Crippen LogP) is 2.35. The first-order chi connectivity index (χ1) is 9.21. The molecule has 106 valence electrons. The first-order valence-electron chi connectivity index (χ1n) is 5.31. The highest BCUT2D eigenvalue weighted by Crippen LogP contribution is 2.33. The van der Waals surface area contributed by atoms with Gasteiger partial charge in [-0.15, -0.1) is 5.10 Å². The normalized spacial score (nSPS) is 11.7. The Hall–Kier alpha value is -2.09. The van der Waals surface area contributed by atoms with Crippen molar-refractivity contribution in [1.29, 1.82) is 0 Å². The summed E-state index contributed by atoms with van der Waals surface area (Å²) >= 11 is 5.83. The minimum absolute atomic E-state index is 0.0686. The summed E-state index contributed by atoms with van der Waals surface area (Å²) in [5, 5.41) is 7.06. The van der Waals surface area contributed by atoms with Crippen LogP contribution in [-0.4, -0.2) is 20.9 Å². The van der Waals surface area contributed by atoms with E-state index in [-0.39, 0.29) is 16.4 Å². The third-order valence-corrected chi connectivity index (χ3v) is 2.93. The molecule has 2 rings (SSSR count). The Balaban J connectivity index is 2.52. The number of amides is 1. The van der Waals surface area contributed by atoms with Crippen molar-refractivity contribution in [3.8, 4) is 5.69 Å². The first-order valence-corrected chi connectivity index (χ1v) is 5.69. The Bertz CT molecular complexity index is 681. The number of hydrogen-bond donors (Lipinski definition) is 1. The van der Waals surface area contributed by atoms with Gasteiger partial charge < -0.3 is 5.73 Å². The number of carbonyl (C=O) groups excluding carboxylic acids is 1. The van der Waals surface area contributed by atoms with Crippen molar-refractivity contribution in [1.82, 2.24) is 15.0 Å². The van der Waals surface area contributed by atoms with E-state index in [1.54, 1.807) is 0 Å². The molecule has 1 aromatic heterocycles. The van der Waals surface area contributed by atoms with Crippen LogP contribution < -0.4 is 5.73 Å². The number of carbonyl (C=O) groups is 1. The molecule has 1 aromatic carbocycles. The standard InChI is InChI=1S/C11H8ClF3N4O/c1-5-9(10(16)20)17-18-19(5)8-3-2-6(4-7(8)12)11(13,14)15/h2-4H,1H3,(H2,16,20). The Kier molecular flexibility index (Phi) is 3.43. The van der Waals surface area contributed by atoms with Crippen LogP contribution in [0.3, 0.4) is 0 Å². The van der Waals surface area contributed by atoms with Crippen LogP contribution in [0.25, 0.3) is 5.69 Å². The van der Waals surface area contributed by atoms with Gasteiger partial charge in [-0.25, -0.2) is 4.68 Å². The highest BCUT2D eigenvalue weighted by atomic mass is 35.5. The van der Waals surface area contributed by atoms with Crippen molar-refractivity contribution in [3.05, 3.63) is 40.2 Å². The largest absolute Gasteiger partial charge is 0.416 e. The lowest BCUT2D eigenvalue weighted by atomic mass is 10.2. The molecule has 5 nitrogen and oxygen atoms in total. The van der Waals surface area contributed by atoms with Crippen LogP contribution in [-0.2, 0) is 6.18 Å². The van der Waals surface area contributed by atoms with Gasteiger partial charge in [-0.05, 0) is 25.1 Å². The molecule has 0 fully saturated rings. The molecule has 0 bridgehead atoms. The summed E-state index contributed by atoms with van der Waals surface area (Å²) in [6.07, 6.45) is -4.49. The number of alkyl halides is 3. The zero-order valence-corrected chi connectivity index (χ0v) is 10.8. The van der Waals surface area contributed by atoms with Gasteiger partial charge in [-0.3, -0.25) is 4.79 Å². The SMILES string of the molecule is Cc1c(C(N)=O)nnn1-c1ccc(C(F)(F)F)cc1Cl. The van der Waals surface area contributed by atoms with E-state index in [2.05, 4.69) is 10.3 Å². The maximum atomic E-state index is 12.5. The molecule has 2 aromatic rings. The van der Waals surface area contributed by atoms with Crippen molar-refractivity contribution in [2.75, 3.05) is 0 Å². The van der Waals surface area contributed by atoms with Crippen molar-refractivity contribution in [3.63, 3.8) is 0 Å². The van der Waals surface area contributed by atoms with E-state index in [0.717, 1.165) is 22.9 Å². The summed E-state index contributed by atoms with van der Waals surface area (Å²) in [7, 11) is 0. The summed E-state index contributed by atoms with van der Waals surface area (Å²) < 4.78 is 38.8. The fourth-order valence-electron chi connectivity index (χ4n) is 1.64. The number of aromatic nitrogens is 3. The molecule has 0 radical (unpaired) electrons. The minimum atomic E-state index is -4.49. The second-order valence-electron chi connectivity index (χ2n) is 3.96. The van der Waals surface area contributed by atoms with Gasteiger partial charge in [0.2, 0.25) is 0 Å². The van der Waals surface area contributed by atoms with Crippen molar-refractivity contribution < 1.29 is 18.0 Å². The van der Waals surface area contributed by atoms with Gasteiger partial charge >= 0.3 is 6.18 Å². The fourth-order valence-corrected chi connectivity index (χ4v) is 1.90. The van der Waals surface area contributed by atoms with Crippen molar-refractivity contribution in [2.45, 2.75) is 13.1 Å². The number of benzene rings is 1. The summed E-state index contributed by atoms with van der Waals surface area (Å²) in [5.41, 5.74) is 4.61. The molecular formula is C11H8ClF3N4O. The van der Waals surface area contributed by atoms with Crippen LogP contribution in [0.5, 0.6) is 0 Å². The third kappa shape index (κ3) is 2.46. The second-order valence-corrected chi connectivity index (χ2v) is 4.37. The Morgan fingerprint density at radius 1 is 1.40 bits per heavy atom. The van der Waals surface area contributed by atoms with Crippen molar-refractivity contribution in [2.24, 2.45) is 5.73 Å². The van der Waals surface area contributed by atoms with E-state index in [9.17, 15) is 18.0 Å². The molecular weight excluding hydrogens is 297 g/mol. The Morgan fingerprint density at radius 2 is 2.05 bits per heavy atom. The van der Waals surface area contributed by atoms with E-state index in [4.69, 9.17) is 17.3 Å². The quantitative estimate of drug-likeness (QED) is 0.925. The Labute approximate surface area is 116 Å². The minimum Gasteiger partial charge on any atom is -0.364 e. The van der Waals surface area contributed by atoms with Gasteiger partial charge in [0.25, 0.3) is 5.91 Å². The van der Waals surface area contributed by atoms with Gasteiger partial charge in [0.15, 0.2) is 5.69 Å². The van der Waals surface area contributed by atoms with E-state index in [1.165, 1.54) is 6.92 Å². The van der Waals surface area contributed by atoms with E-state index in [0.29, 0.717) is 5.69 Å².